The first-order valence-electron chi connectivity index (χ1n) is 7.49. The summed E-state index contributed by atoms with van der Waals surface area (Å²) in [5.41, 5.74) is 1.25. The molecule has 0 fully saturated rings. The van der Waals surface area contributed by atoms with Crippen molar-refractivity contribution < 1.29 is 27.8 Å². The van der Waals surface area contributed by atoms with Crippen molar-refractivity contribution in [3.63, 3.8) is 0 Å². The number of carboxylic acid groups (broad SMARTS) is 1. The maximum Gasteiger partial charge on any atom is 0.339 e. The second-order valence-corrected chi connectivity index (χ2v) is 7.35. The van der Waals surface area contributed by atoms with Crippen LogP contribution in [-0.2, 0) is 16.4 Å². The van der Waals surface area contributed by atoms with E-state index in [-0.39, 0.29) is 16.2 Å². The average Bonchev–Trinajstić information content (AvgIpc) is 3.04. The topological polar surface area (TPSA) is 93.1 Å². The van der Waals surface area contributed by atoms with Crippen molar-refractivity contribution in [1.82, 2.24) is 0 Å². The van der Waals surface area contributed by atoms with E-state index in [0.29, 0.717) is 24.4 Å². The Bertz CT molecular complexity index is 938. The molecule has 1 N–H and O–H groups in total. The van der Waals surface area contributed by atoms with Crippen LogP contribution in [-0.4, -0.2) is 40.3 Å². The van der Waals surface area contributed by atoms with Gasteiger partial charge in [0.25, 0.3) is 10.0 Å². The van der Waals surface area contributed by atoms with Gasteiger partial charge in [0.1, 0.15) is 17.1 Å². The second-order valence-electron chi connectivity index (χ2n) is 5.49. The van der Waals surface area contributed by atoms with Crippen LogP contribution >= 0.6 is 0 Å². The molecule has 7 nitrogen and oxygen atoms in total. The quantitative estimate of drug-likeness (QED) is 0.875. The molecule has 0 bridgehead atoms. The van der Waals surface area contributed by atoms with Crippen LogP contribution in [0.5, 0.6) is 11.5 Å². The normalized spacial score (nSPS) is 13.4. The number of hydrogen-bond acceptors (Lipinski definition) is 5. The molecule has 8 heteroatoms. The van der Waals surface area contributed by atoms with Gasteiger partial charge in [-0.05, 0) is 48.4 Å². The van der Waals surface area contributed by atoms with Gasteiger partial charge in [-0.3, -0.25) is 4.31 Å². The van der Waals surface area contributed by atoms with Gasteiger partial charge in [-0.2, -0.15) is 0 Å². The van der Waals surface area contributed by atoms with E-state index in [9.17, 15) is 18.3 Å². The molecule has 0 unspecified atom stereocenters. The summed E-state index contributed by atoms with van der Waals surface area (Å²) in [5.74, 6) is -0.478. The molecule has 0 saturated heterocycles. The Labute approximate surface area is 145 Å². The van der Waals surface area contributed by atoms with Gasteiger partial charge in [0.2, 0.25) is 0 Å². The summed E-state index contributed by atoms with van der Waals surface area (Å²) in [6.45, 7) is 0.291. The van der Waals surface area contributed by atoms with Crippen molar-refractivity contribution in [2.75, 3.05) is 25.1 Å². The summed E-state index contributed by atoms with van der Waals surface area (Å²) in [6.07, 6.45) is 0.563. The monoisotopic (exact) mass is 363 g/mol. The number of hydrogen-bond donors (Lipinski definition) is 1. The molecular formula is C17H17NO6S. The summed E-state index contributed by atoms with van der Waals surface area (Å²) in [7, 11) is -0.994. The fourth-order valence-corrected chi connectivity index (χ4v) is 4.40. The summed E-state index contributed by atoms with van der Waals surface area (Å²) in [4.78, 5) is 11.3. The first-order valence-corrected chi connectivity index (χ1v) is 8.93. The maximum absolute atomic E-state index is 13.0. The van der Waals surface area contributed by atoms with Crippen molar-refractivity contribution in [2.24, 2.45) is 0 Å². The van der Waals surface area contributed by atoms with Crippen LogP contribution in [0.1, 0.15) is 15.9 Å². The number of anilines is 1. The van der Waals surface area contributed by atoms with E-state index in [1.165, 1.54) is 23.5 Å². The predicted molar refractivity (Wildman–Crippen MR) is 91.2 cm³/mol. The minimum Gasteiger partial charge on any atom is -0.497 e. The number of ether oxygens (including phenoxy) is 2. The van der Waals surface area contributed by atoms with E-state index in [2.05, 4.69) is 0 Å². The molecule has 0 aliphatic carbocycles. The van der Waals surface area contributed by atoms with E-state index in [1.807, 2.05) is 6.07 Å². The lowest BCUT2D eigenvalue weighted by Gasteiger charge is -2.20. The molecule has 25 heavy (non-hydrogen) atoms. The van der Waals surface area contributed by atoms with E-state index in [1.54, 1.807) is 19.2 Å². The highest BCUT2D eigenvalue weighted by Crippen LogP contribution is 2.36. The predicted octanol–water partition coefficient (Wildman–Crippen LogP) is 2.15. The molecule has 0 aromatic heterocycles. The highest BCUT2D eigenvalue weighted by atomic mass is 32.2. The lowest BCUT2D eigenvalue weighted by atomic mass is 10.1. The van der Waals surface area contributed by atoms with Crippen LogP contribution in [0.25, 0.3) is 0 Å². The zero-order valence-corrected chi connectivity index (χ0v) is 14.5. The number of benzene rings is 2. The lowest BCUT2D eigenvalue weighted by Crippen LogP contribution is -2.29. The Kier molecular flexibility index (Phi) is 4.30. The second kappa shape index (κ2) is 6.29. The van der Waals surface area contributed by atoms with Crippen LogP contribution in [0.4, 0.5) is 5.69 Å². The fourth-order valence-electron chi connectivity index (χ4n) is 2.87. The summed E-state index contributed by atoms with van der Waals surface area (Å²) in [6, 6.07) is 9.02. The van der Waals surface area contributed by atoms with Gasteiger partial charge in [0.15, 0.2) is 0 Å². The van der Waals surface area contributed by atoms with E-state index in [0.717, 1.165) is 11.6 Å². The number of sulfonamides is 1. The minimum absolute atomic E-state index is 0.0885. The minimum atomic E-state index is -3.88. The number of carboxylic acids is 1. The molecule has 1 heterocycles. The Morgan fingerprint density at radius 2 is 1.88 bits per heavy atom. The summed E-state index contributed by atoms with van der Waals surface area (Å²) < 4.78 is 37.4. The molecule has 0 amide bonds. The van der Waals surface area contributed by atoms with E-state index >= 15 is 0 Å². The average molecular weight is 363 g/mol. The van der Waals surface area contributed by atoms with Gasteiger partial charge in [-0.15, -0.1) is 0 Å². The van der Waals surface area contributed by atoms with Crippen LogP contribution in [0.15, 0.2) is 41.3 Å². The highest BCUT2D eigenvalue weighted by Gasteiger charge is 2.32. The number of rotatable bonds is 5. The number of fused-ring (bicyclic) bond motifs is 1. The van der Waals surface area contributed by atoms with Gasteiger partial charge < -0.3 is 14.6 Å². The third-order valence-electron chi connectivity index (χ3n) is 4.13. The lowest BCUT2D eigenvalue weighted by molar-refractivity contribution is 0.0693. The Morgan fingerprint density at radius 1 is 1.12 bits per heavy atom. The smallest absolute Gasteiger partial charge is 0.339 e. The largest absolute Gasteiger partial charge is 0.497 e. The zero-order valence-electron chi connectivity index (χ0n) is 13.7. The third-order valence-corrected chi connectivity index (χ3v) is 5.94. The third kappa shape index (κ3) is 2.89. The Balaban J connectivity index is 2.05. The van der Waals surface area contributed by atoms with E-state index in [4.69, 9.17) is 9.47 Å². The van der Waals surface area contributed by atoms with Crippen LogP contribution in [0, 0.1) is 0 Å². The van der Waals surface area contributed by atoms with Crippen molar-refractivity contribution >= 4 is 21.7 Å². The molecular weight excluding hydrogens is 346 g/mol. The molecule has 2 aromatic carbocycles. The zero-order chi connectivity index (χ0) is 18.2. The maximum atomic E-state index is 13.0. The molecule has 0 spiro atoms. The van der Waals surface area contributed by atoms with Gasteiger partial charge >= 0.3 is 5.97 Å². The number of aromatic carboxylic acids is 1. The molecule has 1 aliphatic heterocycles. The molecule has 0 atom stereocenters. The summed E-state index contributed by atoms with van der Waals surface area (Å²) >= 11 is 0. The number of carbonyl (C=O) groups is 1. The van der Waals surface area contributed by atoms with E-state index < -0.39 is 16.0 Å². The van der Waals surface area contributed by atoms with Crippen molar-refractivity contribution in [3.8, 4) is 11.5 Å². The number of nitrogens with zero attached hydrogens (tertiary/aromatic N) is 1. The van der Waals surface area contributed by atoms with Crippen LogP contribution in [0.3, 0.4) is 0 Å². The SMILES string of the molecule is COc1ccc2c(c1)CCN2S(=O)(=O)c1ccc(OC)c(C(=O)O)c1. The molecule has 1 aliphatic rings. The van der Waals surface area contributed by atoms with Crippen molar-refractivity contribution in [1.29, 1.82) is 0 Å². The van der Waals surface area contributed by atoms with Gasteiger partial charge in [-0.25, -0.2) is 13.2 Å². The Hall–Kier alpha value is -2.74. The fraction of sp³-hybridized carbons (Fsp3) is 0.235. The molecule has 132 valence electrons. The first kappa shape index (κ1) is 17.1. The Morgan fingerprint density at radius 3 is 2.52 bits per heavy atom. The standard InChI is InChI=1S/C17H17NO6S/c1-23-12-3-5-15-11(9-12)7-8-18(15)25(21,22)13-4-6-16(24-2)14(10-13)17(19)20/h3-6,9-10H,7-8H2,1-2H3,(H,19,20). The molecule has 0 radical (unpaired) electrons. The first-order chi connectivity index (χ1) is 11.9. The highest BCUT2D eigenvalue weighted by molar-refractivity contribution is 7.92. The number of methoxy groups -OCH3 is 2. The van der Waals surface area contributed by atoms with Gasteiger partial charge in [0.05, 0.1) is 24.8 Å². The summed E-state index contributed by atoms with van der Waals surface area (Å²) in [5, 5.41) is 9.27. The van der Waals surface area contributed by atoms with Gasteiger partial charge in [-0.1, -0.05) is 0 Å². The molecule has 2 aromatic rings. The van der Waals surface area contributed by atoms with Gasteiger partial charge in [0, 0.05) is 6.54 Å². The van der Waals surface area contributed by atoms with Crippen LogP contribution < -0.4 is 13.8 Å². The van der Waals surface area contributed by atoms with Crippen molar-refractivity contribution in [2.45, 2.75) is 11.3 Å². The van der Waals surface area contributed by atoms with Crippen LogP contribution in [0.2, 0.25) is 0 Å². The van der Waals surface area contributed by atoms with Crippen molar-refractivity contribution in [3.05, 3.63) is 47.5 Å². The molecule has 0 saturated carbocycles. The molecule has 3 rings (SSSR count).